The fraction of sp³-hybridized carbons (Fsp3) is 0.569. The van der Waals surface area contributed by atoms with Crippen LogP contribution in [0.25, 0.3) is 0 Å². The summed E-state index contributed by atoms with van der Waals surface area (Å²) in [6.45, 7) is 7.31. The van der Waals surface area contributed by atoms with Crippen LogP contribution in [0.5, 0.6) is 0 Å². The van der Waals surface area contributed by atoms with Gasteiger partial charge in [-0.1, -0.05) is 181 Å². The Bertz CT molecular complexity index is 1190. The molecule has 314 valence electrons. The number of unbranched alkanes of at least 4 members (excludes halogenated alkanes) is 7. The summed E-state index contributed by atoms with van der Waals surface area (Å²) in [5.41, 5.74) is 0. The van der Waals surface area contributed by atoms with E-state index < -0.39 is 6.10 Å². The SMILES string of the molecule is CC/C=C\C/C=C\C/C=C\C/C=C\C/C=C\C/C=C\CCC(=O)OCC(COCCC/C=C\C/C=C\C/C=C\C/C=C\CC)OC(=O)CCCCCCCCC. The molecular weight excluding hydrogens is 693 g/mol. The maximum atomic E-state index is 12.6. The van der Waals surface area contributed by atoms with Gasteiger partial charge in [-0.2, -0.15) is 0 Å². The molecule has 0 aliphatic rings. The number of ether oxygens (including phenoxy) is 3. The molecule has 0 aliphatic carbocycles. The molecule has 1 atom stereocenters. The zero-order valence-corrected chi connectivity index (χ0v) is 35.8. The quantitative estimate of drug-likeness (QED) is 0.0355. The molecule has 0 saturated heterocycles. The molecule has 0 aromatic heterocycles. The van der Waals surface area contributed by atoms with E-state index in [0.29, 0.717) is 19.4 Å². The van der Waals surface area contributed by atoms with Gasteiger partial charge in [-0.25, -0.2) is 0 Å². The second-order valence-corrected chi connectivity index (χ2v) is 13.8. The molecule has 0 rings (SSSR count). The lowest BCUT2D eigenvalue weighted by Gasteiger charge is -2.18. The predicted octanol–water partition coefficient (Wildman–Crippen LogP) is 14.7. The Morgan fingerprint density at radius 1 is 0.411 bits per heavy atom. The van der Waals surface area contributed by atoms with Gasteiger partial charge in [0, 0.05) is 19.4 Å². The monoisotopic (exact) mass is 773 g/mol. The summed E-state index contributed by atoms with van der Waals surface area (Å²) >= 11 is 0. The number of carbonyl (C=O) groups excluding carboxylic acids is 2. The molecule has 0 radical (unpaired) electrons. The van der Waals surface area contributed by atoms with Crippen molar-refractivity contribution >= 4 is 11.9 Å². The normalized spacial score (nSPS) is 13.4. The first kappa shape index (κ1) is 52.3. The highest BCUT2D eigenvalue weighted by atomic mass is 16.6. The van der Waals surface area contributed by atoms with Crippen molar-refractivity contribution in [1.29, 1.82) is 0 Å². The number of allylic oxidation sites excluding steroid dienone is 20. The second-order valence-electron chi connectivity index (χ2n) is 13.8. The number of esters is 2. The maximum Gasteiger partial charge on any atom is 0.306 e. The van der Waals surface area contributed by atoms with Crippen LogP contribution >= 0.6 is 0 Å². The Labute approximate surface area is 344 Å². The lowest BCUT2D eigenvalue weighted by Crippen LogP contribution is -2.30. The minimum Gasteiger partial charge on any atom is -0.462 e. The largest absolute Gasteiger partial charge is 0.462 e. The van der Waals surface area contributed by atoms with E-state index in [-0.39, 0.29) is 31.6 Å². The summed E-state index contributed by atoms with van der Waals surface area (Å²) in [6, 6.07) is 0. The van der Waals surface area contributed by atoms with Gasteiger partial charge in [0.2, 0.25) is 0 Å². The fourth-order valence-corrected chi connectivity index (χ4v) is 5.30. The minimum atomic E-state index is -0.598. The van der Waals surface area contributed by atoms with Crippen LogP contribution < -0.4 is 0 Å². The van der Waals surface area contributed by atoms with Crippen molar-refractivity contribution in [3.63, 3.8) is 0 Å². The standard InChI is InChI=1S/C51H80O5/c1-4-7-10-13-16-18-20-22-24-25-26-27-28-29-31-33-36-38-41-44-50(52)55-48-49(56-51(53)45-42-39-35-15-12-9-6-3)47-54-46-43-40-37-34-32-30-23-21-19-17-14-11-8-5-2/h7-8,10-11,16-19,22-24,26-27,29-31,34,36-38,49H,4-6,9,12-15,20-21,25,28,32-33,35,39-48H2,1-3H3/b10-7-,11-8-,18-16-,19-17-,24-22-,27-26-,30-23-,31-29-,37-34-,38-36-. The van der Waals surface area contributed by atoms with Crippen molar-refractivity contribution in [2.24, 2.45) is 0 Å². The molecule has 0 fully saturated rings. The van der Waals surface area contributed by atoms with Gasteiger partial charge in [-0.05, 0) is 89.9 Å². The smallest absolute Gasteiger partial charge is 0.306 e. The van der Waals surface area contributed by atoms with Crippen molar-refractivity contribution in [3.05, 3.63) is 122 Å². The van der Waals surface area contributed by atoms with E-state index in [1.807, 2.05) is 6.08 Å². The molecule has 0 aromatic rings. The molecule has 0 heterocycles. The van der Waals surface area contributed by atoms with Crippen molar-refractivity contribution in [2.45, 2.75) is 168 Å². The molecule has 0 amide bonds. The van der Waals surface area contributed by atoms with Gasteiger partial charge >= 0.3 is 11.9 Å². The number of carbonyl (C=O) groups is 2. The van der Waals surface area contributed by atoms with Crippen molar-refractivity contribution in [1.82, 2.24) is 0 Å². The van der Waals surface area contributed by atoms with Crippen molar-refractivity contribution in [3.8, 4) is 0 Å². The summed E-state index contributed by atoms with van der Waals surface area (Å²) in [4.78, 5) is 25.1. The van der Waals surface area contributed by atoms with Gasteiger partial charge in [-0.15, -0.1) is 0 Å². The summed E-state index contributed by atoms with van der Waals surface area (Å²) in [7, 11) is 0. The lowest BCUT2D eigenvalue weighted by molar-refractivity contribution is -0.162. The first-order valence-corrected chi connectivity index (χ1v) is 22.1. The Kier molecular flexibility index (Phi) is 42.7. The Balaban J connectivity index is 4.39. The third-order valence-corrected chi connectivity index (χ3v) is 8.51. The average molecular weight is 773 g/mol. The molecule has 0 N–H and O–H groups in total. The fourth-order valence-electron chi connectivity index (χ4n) is 5.30. The van der Waals surface area contributed by atoms with E-state index >= 15 is 0 Å². The van der Waals surface area contributed by atoms with E-state index in [1.54, 1.807) is 0 Å². The summed E-state index contributed by atoms with van der Waals surface area (Å²) in [5.74, 6) is -0.544. The van der Waals surface area contributed by atoms with Gasteiger partial charge < -0.3 is 14.2 Å². The molecule has 5 nitrogen and oxygen atoms in total. The van der Waals surface area contributed by atoms with E-state index in [1.165, 1.54) is 25.7 Å². The van der Waals surface area contributed by atoms with Crippen LogP contribution in [0, 0.1) is 0 Å². The lowest BCUT2D eigenvalue weighted by atomic mass is 10.1. The minimum absolute atomic E-state index is 0.0161. The van der Waals surface area contributed by atoms with E-state index in [0.717, 1.165) is 96.3 Å². The van der Waals surface area contributed by atoms with Crippen molar-refractivity contribution in [2.75, 3.05) is 19.8 Å². The van der Waals surface area contributed by atoms with Gasteiger partial charge in [0.15, 0.2) is 6.10 Å². The highest BCUT2D eigenvalue weighted by Gasteiger charge is 2.17. The van der Waals surface area contributed by atoms with E-state index in [2.05, 4.69) is 136 Å². The maximum absolute atomic E-state index is 12.6. The van der Waals surface area contributed by atoms with Gasteiger partial charge in [0.1, 0.15) is 6.61 Å². The molecule has 1 unspecified atom stereocenters. The number of hydrogen-bond acceptors (Lipinski definition) is 5. The van der Waals surface area contributed by atoms with Gasteiger partial charge in [0.05, 0.1) is 6.61 Å². The predicted molar refractivity (Wildman–Crippen MR) is 242 cm³/mol. The molecule has 0 bridgehead atoms. The van der Waals surface area contributed by atoms with Crippen LogP contribution in [-0.2, 0) is 23.8 Å². The Morgan fingerprint density at radius 3 is 1.29 bits per heavy atom. The zero-order chi connectivity index (χ0) is 40.7. The van der Waals surface area contributed by atoms with Crippen LogP contribution in [0.4, 0.5) is 0 Å². The molecule has 0 aromatic carbocycles. The molecule has 56 heavy (non-hydrogen) atoms. The zero-order valence-electron chi connectivity index (χ0n) is 35.8. The molecule has 0 saturated carbocycles. The van der Waals surface area contributed by atoms with Crippen LogP contribution in [0.1, 0.15) is 162 Å². The third-order valence-electron chi connectivity index (χ3n) is 8.51. The molecular formula is C51H80O5. The summed E-state index contributed by atoms with van der Waals surface area (Å²) in [6.07, 6.45) is 63.7. The first-order chi connectivity index (χ1) is 27.6. The number of rotatable bonds is 38. The summed E-state index contributed by atoms with van der Waals surface area (Å²) in [5, 5.41) is 0. The van der Waals surface area contributed by atoms with Crippen LogP contribution in [0.3, 0.4) is 0 Å². The average Bonchev–Trinajstić information content (AvgIpc) is 3.20. The van der Waals surface area contributed by atoms with E-state index in [4.69, 9.17) is 14.2 Å². The van der Waals surface area contributed by atoms with Crippen LogP contribution in [0.15, 0.2) is 122 Å². The number of hydrogen-bond donors (Lipinski definition) is 0. The van der Waals surface area contributed by atoms with Gasteiger partial charge in [0.25, 0.3) is 0 Å². The topological polar surface area (TPSA) is 61.8 Å². The second kappa shape index (κ2) is 45.7. The third kappa shape index (κ3) is 43.0. The molecule has 0 aliphatic heterocycles. The highest BCUT2D eigenvalue weighted by molar-refractivity contribution is 5.70. The Morgan fingerprint density at radius 2 is 0.821 bits per heavy atom. The van der Waals surface area contributed by atoms with Crippen LogP contribution in [-0.4, -0.2) is 37.9 Å². The Hall–Kier alpha value is -3.70. The summed E-state index contributed by atoms with van der Waals surface area (Å²) < 4.78 is 17.1. The van der Waals surface area contributed by atoms with Crippen molar-refractivity contribution < 1.29 is 23.8 Å². The highest BCUT2D eigenvalue weighted by Crippen LogP contribution is 2.10. The molecule has 0 spiro atoms. The first-order valence-electron chi connectivity index (χ1n) is 22.1. The van der Waals surface area contributed by atoms with Crippen LogP contribution in [0.2, 0.25) is 0 Å². The molecule has 5 heteroatoms. The van der Waals surface area contributed by atoms with E-state index in [9.17, 15) is 9.59 Å². The van der Waals surface area contributed by atoms with Gasteiger partial charge in [-0.3, -0.25) is 9.59 Å².